The molecule has 33 heavy (non-hydrogen) atoms. The molecule has 0 aliphatic carbocycles. The molecule has 1 aliphatic rings. The van der Waals surface area contributed by atoms with Gasteiger partial charge >= 0.3 is 0 Å². The van der Waals surface area contributed by atoms with Crippen LogP contribution in [0.2, 0.25) is 0 Å². The van der Waals surface area contributed by atoms with Crippen LogP contribution >= 0.6 is 0 Å². The lowest BCUT2D eigenvalue weighted by atomic mass is 10.0. The number of ether oxygens (including phenoxy) is 2. The Bertz CT molecular complexity index is 1250. The number of carbonyl (C=O) groups excluding carboxylic acids is 2. The molecule has 168 valence electrons. The number of aryl methyl sites for hydroxylation is 2. The highest BCUT2D eigenvalue weighted by molar-refractivity contribution is 6.46. The Morgan fingerprint density at radius 1 is 0.909 bits per heavy atom. The molecule has 4 rings (SSSR count). The number of nitrogens with zero attached hydrogens (tertiary/aromatic N) is 1. The third kappa shape index (κ3) is 4.20. The van der Waals surface area contributed by atoms with E-state index in [1.807, 2.05) is 39.0 Å². The molecule has 3 aromatic carbocycles. The summed E-state index contributed by atoms with van der Waals surface area (Å²) in [5, 5.41) is 3.24. The SMILES string of the molecule is CCOc1ccc(C2=C(Nc3ccc(C)cc3C)C(=O)N(c3ccccc3OC)C2=O)cc1. The number of carbonyl (C=O) groups is 2. The molecule has 0 aromatic heterocycles. The van der Waals surface area contributed by atoms with E-state index < -0.39 is 11.8 Å². The van der Waals surface area contributed by atoms with E-state index in [0.717, 1.165) is 21.7 Å². The minimum atomic E-state index is -0.437. The van der Waals surface area contributed by atoms with E-state index in [1.54, 1.807) is 48.5 Å². The van der Waals surface area contributed by atoms with E-state index in [1.165, 1.54) is 7.11 Å². The Morgan fingerprint density at radius 2 is 1.64 bits per heavy atom. The molecule has 0 unspecified atom stereocenters. The predicted octanol–water partition coefficient (Wildman–Crippen LogP) is 5.11. The number of rotatable bonds is 7. The number of anilines is 2. The fraction of sp³-hybridized carbons (Fsp3) is 0.185. The predicted molar refractivity (Wildman–Crippen MR) is 130 cm³/mol. The van der Waals surface area contributed by atoms with Crippen molar-refractivity contribution in [1.82, 2.24) is 0 Å². The van der Waals surface area contributed by atoms with Crippen LogP contribution in [0.3, 0.4) is 0 Å². The van der Waals surface area contributed by atoms with Crippen molar-refractivity contribution in [2.24, 2.45) is 0 Å². The number of imide groups is 1. The molecule has 3 aromatic rings. The molecule has 0 saturated carbocycles. The second-order valence-corrected chi connectivity index (χ2v) is 7.77. The fourth-order valence-corrected chi connectivity index (χ4v) is 3.92. The Kier molecular flexibility index (Phi) is 6.18. The molecular weight excluding hydrogens is 416 g/mol. The van der Waals surface area contributed by atoms with Gasteiger partial charge in [-0.05, 0) is 62.2 Å². The molecule has 0 bridgehead atoms. The van der Waals surface area contributed by atoms with Crippen LogP contribution in [0.25, 0.3) is 5.57 Å². The van der Waals surface area contributed by atoms with Crippen molar-refractivity contribution in [3.05, 3.63) is 89.1 Å². The summed E-state index contributed by atoms with van der Waals surface area (Å²) in [6.07, 6.45) is 0. The largest absolute Gasteiger partial charge is 0.495 e. The van der Waals surface area contributed by atoms with Gasteiger partial charge in [0.05, 0.1) is 25.0 Å². The maximum absolute atomic E-state index is 13.7. The van der Waals surface area contributed by atoms with Crippen LogP contribution < -0.4 is 19.7 Å². The first-order valence-corrected chi connectivity index (χ1v) is 10.8. The molecule has 0 atom stereocenters. The summed E-state index contributed by atoms with van der Waals surface area (Å²) in [4.78, 5) is 28.4. The van der Waals surface area contributed by atoms with E-state index in [2.05, 4.69) is 5.32 Å². The fourth-order valence-electron chi connectivity index (χ4n) is 3.92. The van der Waals surface area contributed by atoms with Gasteiger partial charge < -0.3 is 14.8 Å². The highest BCUT2D eigenvalue weighted by atomic mass is 16.5. The molecule has 0 radical (unpaired) electrons. The molecule has 1 heterocycles. The van der Waals surface area contributed by atoms with Crippen molar-refractivity contribution in [1.29, 1.82) is 0 Å². The zero-order valence-electron chi connectivity index (χ0n) is 19.1. The van der Waals surface area contributed by atoms with Crippen molar-refractivity contribution in [2.45, 2.75) is 20.8 Å². The minimum Gasteiger partial charge on any atom is -0.495 e. The molecule has 1 aliphatic heterocycles. The normalized spacial score (nSPS) is 13.5. The number of hydrogen-bond donors (Lipinski definition) is 1. The number of benzene rings is 3. The lowest BCUT2D eigenvalue weighted by Gasteiger charge is -2.18. The summed E-state index contributed by atoms with van der Waals surface area (Å²) in [5.74, 6) is 0.288. The number of para-hydroxylation sites is 2. The lowest BCUT2D eigenvalue weighted by molar-refractivity contribution is -0.120. The molecule has 2 amide bonds. The Balaban J connectivity index is 1.83. The van der Waals surface area contributed by atoms with Crippen LogP contribution in [0.5, 0.6) is 11.5 Å². The number of hydrogen-bond acceptors (Lipinski definition) is 5. The topological polar surface area (TPSA) is 67.9 Å². The summed E-state index contributed by atoms with van der Waals surface area (Å²) in [7, 11) is 1.51. The van der Waals surface area contributed by atoms with Gasteiger partial charge in [-0.3, -0.25) is 9.59 Å². The Labute approximate surface area is 193 Å². The highest BCUT2D eigenvalue weighted by Crippen LogP contribution is 2.38. The van der Waals surface area contributed by atoms with Gasteiger partial charge in [0.2, 0.25) is 0 Å². The first kappa shape index (κ1) is 22.1. The van der Waals surface area contributed by atoms with Crippen LogP contribution in [0.1, 0.15) is 23.6 Å². The van der Waals surface area contributed by atoms with Gasteiger partial charge in [-0.25, -0.2) is 4.90 Å². The number of methoxy groups -OCH3 is 1. The highest BCUT2D eigenvalue weighted by Gasteiger charge is 2.41. The number of amides is 2. The molecular formula is C27H26N2O4. The maximum atomic E-state index is 13.7. The first-order valence-electron chi connectivity index (χ1n) is 10.8. The van der Waals surface area contributed by atoms with Crippen molar-refractivity contribution in [2.75, 3.05) is 23.9 Å². The monoisotopic (exact) mass is 442 g/mol. The molecule has 0 spiro atoms. The summed E-state index contributed by atoms with van der Waals surface area (Å²) < 4.78 is 11.0. The number of nitrogens with one attached hydrogen (secondary N) is 1. The first-order chi connectivity index (χ1) is 15.9. The van der Waals surface area contributed by atoms with Crippen molar-refractivity contribution in [3.63, 3.8) is 0 Å². The van der Waals surface area contributed by atoms with Crippen molar-refractivity contribution < 1.29 is 19.1 Å². The van der Waals surface area contributed by atoms with Crippen LogP contribution in [0, 0.1) is 13.8 Å². The molecule has 6 heteroatoms. The van der Waals surface area contributed by atoms with Gasteiger partial charge in [0.15, 0.2) is 0 Å². The quantitative estimate of drug-likeness (QED) is 0.515. The average Bonchev–Trinajstić information content (AvgIpc) is 3.05. The second-order valence-electron chi connectivity index (χ2n) is 7.77. The van der Waals surface area contributed by atoms with Crippen LogP contribution in [-0.4, -0.2) is 25.5 Å². The van der Waals surface area contributed by atoms with Gasteiger partial charge in [-0.2, -0.15) is 0 Å². The molecule has 0 saturated heterocycles. The van der Waals surface area contributed by atoms with Gasteiger partial charge in [0.25, 0.3) is 11.8 Å². The summed E-state index contributed by atoms with van der Waals surface area (Å²) in [6.45, 7) is 6.42. The third-order valence-corrected chi connectivity index (χ3v) is 5.51. The zero-order valence-corrected chi connectivity index (χ0v) is 19.1. The van der Waals surface area contributed by atoms with Crippen LogP contribution in [0.4, 0.5) is 11.4 Å². The third-order valence-electron chi connectivity index (χ3n) is 5.51. The van der Waals surface area contributed by atoms with Crippen molar-refractivity contribution >= 4 is 28.8 Å². The van der Waals surface area contributed by atoms with E-state index in [9.17, 15) is 9.59 Å². The smallest absolute Gasteiger partial charge is 0.282 e. The molecule has 1 N–H and O–H groups in total. The summed E-state index contributed by atoms with van der Waals surface area (Å²) in [5.41, 5.74) is 4.41. The van der Waals surface area contributed by atoms with E-state index >= 15 is 0 Å². The average molecular weight is 443 g/mol. The summed E-state index contributed by atoms with van der Waals surface area (Å²) in [6, 6.07) is 20.1. The minimum absolute atomic E-state index is 0.224. The van der Waals surface area contributed by atoms with Gasteiger partial charge in [-0.1, -0.05) is 42.0 Å². The standard InChI is InChI=1S/C27H26N2O4/c1-5-33-20-13-11-19(12-14-20)24-25(28-21-15-10-17(2)16-18(21)3)27(31)29(26(24)30)22-8-6-7-9-23(22)32-4/h6-16,28H,5H2,1-4H3. The van der Waals surface area contributed by atoms with Gasteiger partial charge in [-0.15, -0.1) is 0 Å². The van der Waals surface area contributed by atoms with Crippen molar-refractivity contribution in [3.8, 4) is 11.5 Å². The van der Waals surface area contributed by atoms with Gasteiger partial charge in [0.1, 0.15) is 17.2 Å². The lowest BCUT2D eigenvalue weighted by Crippen LogP contribution is -2.32. The maximum Gasteiger partial charge on any atom is 0.282 e. The van der Waals surface area contributed by atoms with E-state index in [0.29, 0.717) is 34.9 Å². The Hall–Kier alpha value is -4.06. The Morgan fingerprint density at radius 3 is 2.30 bits per heavy atom. The second kappa shape index (κ2) is 9.20. The van der Waals surface area contributed by atoms with Crippen LogP contribution in [-0.2, 0) is 9.59 Å². The van der Waals surface area contributed by atoms with Gasteiger partial charge in [0, 0.05) is 5.69 Å². The van der Waals surface area contributed by atoms with Crippen LogP contribution in [0.15, 0.2) is 72.4 Å². The van der Waals surface area contributed by atoms with E-state index in [-0.39, 0.29) is 5.70 Å². The zero-order chi connectivity index (χ0) is 23.5. The molecule has 0 fully saturated rings. The summed E-state index contributed by atoms with van der Waals surface area (Å²) >= 11 is 0. The molecule has 6 nitrogen and oxygen atoms in total. The van der Waals surface area contributed by atoms with E-state index in [4.69, 9.17) is 9.47 Å².